The number of halogens is 2. The molecule has 1 atom stereocenters. The highest BCUT2D eigenvalue weighted by Crippen LogP contribution is 2.58. The van der Waals surface area contributed by atoms with Gasteiger partial charge >= 0.3 is 0 Å². The number of ether oxygens (including phenoxy) is 1. The molecule has 2 aliphatic rings. The lowest BCUT2D eigenvalue weighted by molar-refractivity contribution is -0.144. The highest BCUT2D eigenvalue weighted by Gasteiger charge is 2.64. The zero-order chi connectivity index (χ0) is 8.82. The molecule has 0 N–H and O–H groups in total. The van der Waals surface area contributed by atoms with Crippen LogP contribution in [0.3, 0.4) is 0 Å². The van der Waals surface area contributed by atoms with Crippen LogP contribution in [0, 0.1) is 5.41 Å². The number of Topliss-reactive ketones (excluding diaryl/α,β-unsaturated/α-hetero) is 1. The summed E-state index contributed by atoms with van der Waals surface area (Å²) in [5.41, 5.74) is -0.272. The van der Waals surface area contributed by atoms with Crippen molar-refractivity contribution >= 4 is 29.0 Å². The van der Waals surface area contributed by atoms with Crippen LogP contribution in [0.5, 0.6) is 0 Å². The fourth-order valence-electron chi connectivity index (χ4n) is 1.96. The fourth-order valence-corrected chi connectivity index (χ4v) is 2.52. The molecule has 0 aromatic heterocycles. The van der Waals surface area contributed by atoms with Crippen molar-refractivity contribution < 1.29 is 9.53 Å². The van der Waals surface area contributed by atoms with Gasteiger partial charge in [-0.25, -0.2) is 0 Å². The first-order valence-corrected chi connectivity index (χ1v) is 4.83. The van der Waals surface area contributed by atoms with Crippen LogP contribution in [-0.4, -0.2) is 23.3 Å². The molecule has 1 spiro atoms. The highest BCUT2D eigenvalue weighted by atomic mass is 35.5. The quantitative estimate of drug-likeness (QED) is 0.570. The third-order valence-electron chi connectivity index (χ3n) is 2.84. The molecule has 1 saturated carbocycles. The standard InChI is InChI=1S/C8H10Cl2O2/c9-8(10)6(11)4-7(8)2-1-3-12-5-7/h1-5H2. The monoisotopic (exact) mass is 208 g/mol. The van der Waals surface area contributed by atoms with E-state index in [0.29, 0.717) is 13.0 Å². The second kappa shape index (κ2) is 2.60. The molecule has 2 fully saturated rings. The van der Waals surface area contributed by atoms with Gasteiger partial charge in [-0.2, -0.15) is 0 Å². The highest BCUT2D eigenvalue weighted by molar-refractivity contribution is 6.61. The Hall–Kier alpha value is 0.210. The third-order valence-corrected chi connectivity index (χ3v) is 4.06. The van der Waals surface area contributed by atoms with E-state index in [2.05, 4.69) is 0 Å². The van der Waals surface area contributed by atoms with Gasteiger partial charge in [0.15, 0.2) is 10.1 Å². The van der Waals surface area contributed by atoms with Gasteiger partial charge in [0.25, 0.3) is 0 Å². The van der Waals surface area contributed by atoms with Gasteiger partial charge in [-0.15, -0.1) is 0 Å². The minimum absolute atomic E-state index is 0.0590. The van der Waals surface area contributed by atoms with E-state index in [1.54, 1.807) is 0 Å². The molecule has 2 rings (SSSR count). The molecule has 1 saturated heterocycles. The van der Waals surface area contributed by atoms with Crippen molar-refractivity contribution in [3.05, 3.63) is 0 Å². The summed E-state index contributed by atoms with van der Waals surface area (Å²) >= 11 is 11.9. The van der Waals surface area contributed by atoms with Crippen LogP contribution in [0.4, 0.5) is 0 Å². The van der Waals surface area contributed by atoms with E-state index < -0.39 is 4.33 Å². The zero-order valence-electron chi connectivity index (χ0n) is 6.61. The minimum Gasteiger partial charge on any atom is -0.381 e. The molecule has 1 unspecified atom stereocenters. The first-order chi connectivity index (χ1) is 5.58. The van der Waals surface area contributed by atoms with Gasteiger partial charge in [0.1, 0.15) is 0 Å². The summed E-state index contributed by atoms with van der Waals surface area (Å²) in [6.45, 7) is 1.30. The number of hydrogen-bond donors (Lipinski definition) is 0. The molecule has 0 amide bonds. The number of carbonyl (C=O) groups excluding carboxylic acids is 1. The molecule has 1 heterocycles. The topological polar surface area (TPSA) is 26.3 Å². The molecule has 1 aliphatic heterocycles. The summed E-state index contributed by atoms with van der Waals surface area (Å²) in [5, 5.41) is 0. The number of carbonyl (C=O) groups is 1. The number of hydrogen-bond acceptors (Lipinski definition) is 2. The van der Waals surface area contributed by atoms with Crippen LogP contribution in [0.1, 0.15) is 19.3 Å². The van der Waals surface area contributed by atoms with E-state index in [9.17, 15) is 4.79 Å². The Morgan fingerprint density at radius 3 is 2.58 bits per heavy atom. The van der Waals surface area contributed by atoms with E-state index in [0.717, 1.165) is 19.4 Å². The van der Waals surface area contributed by atoms with Crippen molar-refractivity contribution in [2.45, 2.75) is 23.6 Å². The van der Waals surface area contributed by atoms with Crippen LogP contribution < -0.4 is 0 Å². The van der Waals surface area contributed by atoms with Gasteiger partial charge in [0.2, 0.25) is 0 Å². The normalized spacial score (nSPS) is 39.7. The fraction of sp³-hybridized carbons (Fsp3) is 0.875. The van der Waals surface area contributed by atoms with Gasteiger partial charge in [0.05, 0.1) is 6.61 Å². The van der Waals surface area contributed by atoms with Crippen molar-refractivity contribution in [3.8, 4) is 0 Å². The van der Waals surface area contributed by atoms with Crippen LogP contribution in [0.25, 0.3) is 0 Å². The van der Waals surface area contributed by atoms with Crippen molar-refractivity contribution in [2.24, 2.45) is 5.41 Å². The van der Waals surface area contributed by atoms with Gasteiger partial charge in [-0.05, 0) is 12.8 Å². The van der Waals surface area contributed by atoms with Gasteiger partial charge in [-0.1, -0.05) is 23.2 Å². The van der Waals surface area contributed by atoms with Crippen molar-refractivity contribution in [1.29, 1.82) is 0 Å². The lowest BCUT2D eigenvalue weighted by Crippen LogP contribution is -2.61. The molecule has 0 bridgehead atoms. The van der Waals surface area contributed by atoms with Gasteiger partial charge < -0.3 is 4.74 Å². The summed E-state index contributed by atoms with van der Waals surface area (Å²) in [6.07, 6.45) is 2.35. The summed E-state index contributed by atoms with van der Waals surface area (Å²) in [4.78, 5) is 11.1. The van der Waals surface area contributed by atoms with Crippen LogP contribution in [-0.2, 0) is 9.53 Å². The van der Waals surface area contributed by atoms with E-state index >= 15 is 0 Å². The molecular weight excluding hydrogens is 199 g/mol. The van der Waals surface area contributed by atoms with Crippen LogP contribution in [0.2, 0.25) is 0 Å². The Labute approximate surface area is 81.2 Å². The van der Waals surface area contributed by atoms with E-state index in [1.165, 1.54) is 0 Å². The Balaban J connectivity index is 2.17. The van der Waals surface area contributed by atoms with Crippen LogP contribution in [0.15, 0.2) is 0 Å². The smallest absolute Gasteiger partial charge is 0.184 e. The minimum atomic E-state index is -1.17. The third kappa shape index (κ3) is 0.949. The predicted octanol–water partition coefficient (Wildman–Crippen LogP) is 1.93. The van der Waals surface area contributed by atoms with Gasteiger partial charge in [0, 0.05) is 18.4 Å². The van der Waals surface area contributed by atoms with Crippen molar-refractivity contribution in [1.82, 2.24) is 0 Å². The predicted molar refractivity (Wildman–Crippen MR) is 46.5 cm³/mol. The number of ketones is 1. The van der Waals surface area contributed by atoms with E-state index in [-0.39, 0.29) is 11.2 Å². The molecule has 2 nitrogen and oxygen atoms in total. The maximum Gasteiger partial charge on any atom is 0.184 e. The summed E-state index contributed by atoms with van der Waals surface area (Å²) in [5.74, 6) is -0.0590. The average molecular weight is 209 g/mol. The maximum atomic E-state index is 11.1. The second-order valence-electron chi connectivity index (χ2n) is 3.61. The maximum absolute atomic E-state index is 11.1. The SMILES string of the molecule is O=C1CC2(CCCOC2)C1(Cl)Cl. The van der Waals surface area contributed by atoms with Crippen molar-refractivity contribution in [3.63, 3.8) is 0 Å². The lowest BCUT2D eigenvalue weighted by atomic mass is 9.64. The lowest BCUT2D eigenvalue weighted by Gasteiger charge is -2.52. The second-order valence-corrected chi connectivity index (χ2v) is 4.94. The largest absolute Gasteiger partial charge is 0.381 e. The average Bonchev–Trinajstić information content (AvgIpc) is 2.06. The van der Waals surface area contributed by atoms with Gasteiger partial charge in [-0.3, -0.25) is 4.79 Å². The Morgan fingerprint density at radius 2 is 2.17 bits per heavy atom. The van der Waals surface area contributed by atoms with Crippen molar-refractivity contribution in [2.75, 3.05) is 13.2 Å². The molecule has 0 radical (unpaired) electrons. The van der Waals surface area contributed by atoms with E-state index in [1.807, 2.05) is 0 Å². The Kier molecular flexibility index (Phi) is 1.90. The summed E-state index contributed by atoms with van der Waals surface area (Å²) in [7, 11) is 0. The van der Waals surface area contributed by atoms with E-state index in [4.69, 9.17) is 27.9 Å². The molecule has 12 heavy (non-hydrogen) atoms. The summed E-state index contributed by atoms with van der Waals surface area (Å²) in [6, 6.07) is 0. The summed E-state index contributed by atoms with van der Waals surface area (Å²) < 4.78 is 4.12. The van der Waals surface area contributed by atoms with Crippen LogP contribution >= 0.6 is 23.2 Å². The Morgan fingerprint density at radius 1 is 1.42 bits per heavy atom. The first kappa shape index (κ1) is 8.79. The zero-order valence-corrected chi connectivity index (χ0v) is 8.12. The molecule has 68 valence electrons. The molecule has 1 aliphatic carbocycles. The molecule has 0 aromatic carbocycles. The number of alkyl halides is 2. The number of rotatable bonds is 0. The first-order valence-electron chi connectivity index (χ1n) is 4.07. The molecular formula is C8H10Cl2O2. The molecule has 0 aromatic rings. The Bertz CT molecular complexity index is 219. The molecule has 4 heteroatoms.